The zero-order valence-corrected chi connectivity index (χ0v) is 25.0. The number of pyridine rings is 1. The summed E-state index contributed by atoms with van der Waals surface area (Å²) in [6.07, 6.45) is 8.60. The minimum Gasteiger partial charge on any atom is -0.381 e. The van der Waals surface area contributed by atoms with Crippen LogP contribution in [0, 0.1) is 11.6 Å². The normalized spacial score (nSPS) is 26.8. The maximum Gasteiger partial charge on any atom is 0.244 e. The third-order valence-electron chi connectivity index (χ3n) is 11.0. The molecule has 0 unspecified atom stereocenters. The number of amides is 2. The van der Waals surface area contributed by atoms with Crippen LogP contribution in [-0.2, 0) is 33.4 Å². The van der Waals surface area contributed by atoms with Gasteiger partial charge in [-0.1, -0.05) is 25.0 Å². The van der Waals surface area contributed by atoms with Crippen LogP contribution < -0.4 is 10.6 Å². The van der Waals surface area contributed by atoms with Gasteiger partial charge in [0.25, 0.3) is 0 Å². The van der Waals surface area contributed by atoms with Gasteiger partial charge in [0, 0.05) is 43.1 Å². The standard InChI is InChI=1S/C35H35F2N5O2/c1-33(25-13-26(36)15-27(37)14-25)20-41(2)35(7-3-4-8-35)32(44)42(33)19-21-10-22-11-23-16-34(17-24(23)12-29(22)39-18-21)28-6-5-9-38-30(28)40-31(34)43/h5-6,9-15,39H,3-4,7-8,16-20H2,1-2H3,(H,38,40,43)/t33-,34-/m0/s1. The highest BCUT2D eigenvalue weighted by molar-refractivity contribution is 6.06. The summed E-state index contributed by atoms with van der Waals surface area (Å²) < 4.78 is 29.0. The Hall–Kier alpha value is -4.11. The van der Waals surface area contributed by atoms with E-state index in [0.717, 1.165) is 65.3 Å². The number of likely N-dealkylation sites (N-methyl/N-ethyl adjacent to an activating group) is 1. The molecule has 4 heterocycles. The van der Waals surface area contributed by atoms with E-state index in [9.17, 15) is 18.4 Å². The number of rotatable bonds is 3. The number of nitrogens with zero attached hydrogens (tertiary/aromatic N) is 3. The molecule has 44 heavy (non-hydrogen) atoms. The number of halogens is 2. The van der Waals surface area contributed by atoms with Crippen molar-refractivity contribution in [2.75, 3.05) is 37.3 Å². The molecule has 0 radical (unpaired) electrons. The first kappa shape index (κ1) is 27.4. The summed E-state index contributed by atoms with van der Waals surface area (Å²) in [6.45, 7) is 3.29. The fourth-order valence-electron chi connectivity index (χ4n) is 8.65. The fourth-order valence-corrected chi connectivity index (χ4v) is 8.65. The second-order valence-electron chi connectivity index (χ2n) is 13.6. The first-order valence-electron chi connectivity index (χ1n) is 15.5. The Morgan fingerprint density at radius 2 is 1.73 bits per heavy atom. The lowest BCUT2D eigenvalue weighted by molar-refractivity contribution is -0.162. The lowest BCUT2D eigenvalue weighted by atomic mass is 9.79. The van der Waals surface area contributed by atoms with Crippen molar-refractivity contribution >= 4 is 29.4 Å². The van der Waals surface area contributed by atoms with E-state index in [1.54, 1.807) is 6.20 Å². The van der Waals surface area contributed by atoms with E-state index in [0.29, 0.717) is 43.9 Å². The molecule has 8 rings (SSSR count). The maximum absolute atomic E-state index is 14.5. The first-order chi connectivity index (χ1) is 21.1. The van der Waals surface area contributed by atoms with Gasteiger partial charge in [-0.2, -0.15) is 0 Å². The quantitative estimate of drug-likeness (QED) is 0.438. The molecule has 2 N–H and O–H groups in total. The van der Waals surface area contributed by atoms with Gasteiger partial charge in [0.2, 0.25) is 11.8 Å². The Balaban J connectivity index is 1.15. The molecule has 1 saturated carbocycles. The topological polar surface area (TPSA) is 77.6 Å². The van der Waals surface area contributed by atoms with Crippen molar-refractivity contribution in [2.24, 2.45) is 0 Å². The smallest absolute Gasteiger partial charge is 0.244 e. The van der Waals surface area contributed by atoms with Crippen LogP contribution in [0.25, 0.3) is 6.08 Å². The van der Waals surface area contributed by atoms with Gasteiger partial charge in [-0.15, -0.1) is 0 Å². The number of aromatic nitrogens is 1. The lowest BCUT2D eigenvalue weighted by Gasteiger charge is -2.56. The number of nitrogens with one attached hydrogen (secondary N) is 2. The zero-order chi connectivity index (χ0) is 30.4. The number of anilines is 2. The molecule has 2 fully saturated rings. The van der Waals surface area contributed by atoms with Crippen LogP contribution in [0.4, 0.5) is 20.3 Å². The average Bonchev–Trinajstić information content (AvgIpc) is 3.70. The van der Waals surface area contributed by atoms with Crippen molar-refractivity contribution < 1.29 is 18.4 Å². The number of carbonyl (C=O) groups is 2. The number of carbonyl (C=O) groups excluding carboxylic acids is 2. The number of fused-ring (bicyclic) bond motifs is 4. The average molecular weight is 596 g/mol. The highest BCUT2D eigenvalue weighted by Gasteiger charge is 2.56. The zero-order valence-electron chi connectivity index (χ0n) is 25.0. The molecule has 2 atom stereocenters. The van der Waals surface area contributed by atoms with Gasteiger partial charge in [-0.05, 0) is 97.8 Å². The SMILES string of the molecule is CN1C[C@@](C)(c2cc(F)cc(F)c2)N(CC2=Cc3cc4c(cc3NC2)C[C@]2(C4)C(=O)Nc3ncccc32)C(=O)C12CCCC2. The van der Waals surface area contributed by atoms with Crippen molar-refractivity contribution in [3.8, 4) is 0 Å². The molecule has 1 aromatic heterocycles. The van der Waals surface area contributed by atoms with Gasteiger partial charge in [0.05, 0.1) is 11.0 Å². The van der Waals surface area contributed by atoms with Gasteiger partial charge in [0.1, 0.15) is 23.0 Å². The molecular formula is C35H35F2N5O2. The third-order valence-corrected chi connectivity index (χ3v) is 11.0. The molecular weight excluding hydrogens is 560 g/mol. The predicted octanol–water partition coefficient (Wildman–Crippen LogP) is 5.16. The third kappa shape index (κ3) is 3.84. The molecule has 5 aliphatic rings. The molecule has 226 valence electrons. The second-order valence-corrected chi connectivity index (χ2v) is 13.6. The summed E-state index contributed by atoms with van der Waals surface area (Å²) in [4.78, 5) is 36.1. The lowest BCUT2D eigenvalue weighted by Crippen LogP contribution is -2.70. The Bertz CT molecular complexity index is 1760. The number of benzene rings is 2. The minimum absolute atomic E-state index is 0.00736. The van der Waals surface area contributed by atoms with E-state index in [1.165, 1.54) is 12.1 Å². The highest BCUT2D eigenvalue weighted by atomic mass is 19.1. The summed E-state index contributed by atoms with van der Waals surface area (Å²) in [5.74, 6) is -0.629. The highest BCUT2D eigenvalue weighted by Crippen LogP contribution is 2.49. The van der Waals surface area contributed by atoms with Crippen molar-refractivity contribution in [3.05, 3.63) is 93.7 Å². The number of piperazine rings is 1. The van der Waals surface area contributed by atoms with Crippen LogP contribution in [-0.4, -0.2) is 58.8 Å². The number of hydrogen-bond acceptors (Lipinski definition) is 5. The predicted molar refractivity (Wildman–Crippen MR) is 164 cm³/mol. The minimum atomic E-state index is -0.925. The molecule has 7 nitrogen and oxygen atoms in total. The molecule has 3 aliphatic heterocycles. The van der Waals surface area contributed by atoms with Gasteiger partial charge in [-0.3, -0.25) is 14.5 Å². The van der Waals surface area contributed by atoms with Crippen molar-refractivity contribution in [1.82, 2.24) is 14.8 Å². The molecule has 0 bridgehead atoms. The molecule has 3 aromatic rings. The molecule has 2 amide bonds. The van der Waals surface area contributed by atoms with Gasteiger partial charge < -0.3 is 15.5 Å². The van der Waals surface area contributed by atoms with Gasteiger partial charge >= 0.3 is 0 Å². The monoisotopic (exact) mass is 595 g/mol. The van der Waals surface area contributed by atoms with E-state index >= 15 is 0 Å². The largest absolute Gasteiger partial charge is 0.381 e. The van der Waals surface area contributed by atoms with Crippen molar-refractivity contribution in [1.29, 1.82) is 0 Å². The van der Waals surface area contributed by atoms with E-state index in [2.05, 4.69) is 38.7 Å². The van der Waals surface area contributed by atoms with Crippen LogP contribution in [0.15, 0.2) is 54.2 Å². The maximum atomic E-state index is 14.5. The van der Waals surface area contributed by atoms with E-state index in [-0.39, 0.29) is 11.8 Å². The van der Waals surface area contributed by atoms with Crippen LogP contribution in [0.2, 0.25) is 0 Å². The van der Waals surface area contributed by atoms with E-state index in [1.807, 2.05) is 31.0 Å². The van der Waals surface area contributed by atoms with E-state index < -0.39 is 28.1 Å². The number of hydrogen-bond donors (Lipinski definition) is 2. The van der Waals surface area contributed by atoms with E-state index in [4.69, 9.17) is 0 Å². The Morgan fingerprint density at radius 3 is 2.48 bits per heavy atom. The van der Waals surface area contributed by atoms with Crippen LogP contribution >= 0.6 is 0 Å². The van der Waals surface area contributed by atoms with Crippen LogP contribution in [0.3, 0.4) is 0 Å². The van der Waals surface area contributed by atoms with Crippen LogP contribution in [0.1, 0.15) is 60.4 Å². The Morgan fingerprint density at radius 1 is 1.00 bits per heavy atom. The Labute approximate surface area is 255 Å². The van der Waals surface area contributed by atoms with Crippen molar-refractivity contribution in [3.63, 3.8) is 0 Å². The summed E-state index contributed by atoms with van der Waals surface area (Å²) >= 11 is 0. The summed E-state index contributed by atoms with van der Waals surface area (Å²) in [5.41, 5.74) is 4.57. The summed E-state index contributed by atoms with van der Waals surface area (Å²) in [7, 11) is 1.97. The summed E-state index contributed by atoms with van der Waals surface area (Å²) in [5, 5.41) is 6.54. The Kier molecular flexibility index (Phi) is 5.89. The van der Waals surface area contributed by atoms with Crippen LogP contribution in [0.5, 0.6) is 0 Å². The molecule has 2 aliphatic carbocycles. The van der Waals surface area contributed by atoms with Gasteiger partial charge in [-0.25, -0.2) is 13.8 Å². The van der Waals surface area contributed by atoms with Crippen molar-refractivity contribution in [2.45, 2.75) is 61.9 Å². The second kappa shape index (κ2) is 9.44. The van der Waals surface area contributed by atoms with Gasteiger partial charge in [0.15, 0.2) is 0 Å². The fraction of sp³-hybridized carbons (Fsp3) is 0.400. The molecule has 1 saturated heterocycles. The molecule has 9 heteroatoms. The summed E-state index contributed by atoms with van der Waals surface area (Å²) in [6, 6.07) is 11.8. The first-order valence-corrected chi connectivity index (χ1v) is 15.5. The molecule has 2 spiro atoms. The molecule has 2 aromatic carbocycles.